The Morgan fingerprint density at radius 3 is 2.40 bits per heavy atom. The lowest BCUT2D eigenvalue weighted by Crippen LogP contribution is -2.34. The van der Waals surface area contributed by atoms with Crippen molar-refractivity contribution in [1.82, 2.24) is 10.6 Å². The van der Waals surface area contributed by atoms with Gasteiger partial charge in [-0.25, -0.2) is 0 Å². The van der Waals surface area contributed by atoms with Crippen LogP contribution in [0.5, 0.6) is 0 Å². The van der Waals surface area contributed by atoms with Crippen molar-refractivity contribution >= 4 is 17.8 Å². The van der Waals surface area contributed by atoms with E-state index in [4.69, 9.17) is 5.11 Å². The van der Waals surface area contributed by atoms with Gasteiger partial charge >= 0.3 is 5.97 Å². The van der Waals surface area contributed by atoms with Crippen molar-refractivity contribution in [2.75, 3.05) is 13.1 Å². The predicted molar refractivity (Wildman–Crippen MR) is 73.2 cm³/mol. The second kappa shape index (κ2) is 7.93. The number of carboxylic acids is 1. The average Bonchev–Trinajstić information content (AvgIpc) is 2.45. The molecule has 0 saturated heterocycles. The number of hydrogen-bond acceptors (Lipinski definition) is 3. The maximum absolute atomic E-state index is 11.7. The van der Waals surface area contributed by atoms with E-state index >= 15 is 0 Å². The molecule has 2 amide bonds. The number of aliphatic carboxylic acids is 1. The summed E-state index contributed by atoms with van der Waals surface area (Å²) in [6.07, 6.45) is 0.116. The van der Waals surface area contributed by atoms with E-state index in [9.17, 15) is 14.4 Å². The molecule has 0 aliphatic carbocycles. The largest absolute Gasteiger partial charge is 0.481 e. The number of carbonyl (C=O) groups excluding carboxylic acids is 2. The molecule has 0 aliphatic heterocycles. The van der Waals surface area contributed by atoms with Crippen LogP contribution in [0.2, 0.25) is 0 Å². The second-order valence-corrected chi connectivity index (χ2v) is 4.42. The number of amides is 2. The van der Waals surface area contributed by atoms with E-state index in [1.54, 1.807) is 24.3 Å². The van der Waals surface area contributed by atoms with Crippen LogP contribution in [0.3, 0.4) is 0 Å². The van der Waals surface area contributed by atoms with E-state index in [2.05, 4.69) is 10.6 Å². The fourth-order valence-corrected chi connectivity index (χ4v) is 1.42. The highest BCUT2D eigenvalue weighted by molar-refractivity contribution is 5.94. The Balaban J connectivity index is 2.22. The molecular formula is C14H18N2O4. The van der Waals surface area contributed by atoms with Gasteiger partial charge in [0, 0.05) is 25.1 Å². The summed E-state index contributed by atoms with van der Waals surface area (Å²) in [6.45, 7) is 1.81. The van der Waals surface area contributed by atoms with Crippen molar-refractivity contribution in [3.05, 3.63) is 35.9 Å². The van der Waals surface area contributed by atoms with E-state index < -0.39 is 11.9 Å². The SMILES string of the molecule is CC(CNC(=O)CCNC(=O)c1ccccc1)C(=O)O. The molecule has 108 valence electrons. The summed E-state index contributed by atoms with van der Waals surface area (Å²) in [5.41, 5.74) is 0.535. The molecule has 0 bridgehead atoms. The first-order chi connectivity index (χ1) is 9.50. The van der Waals surface area contributed by atoms with Gasteiger partial charge in [0.1, 0.15) is 0 Å². The molecule has 0 aromatic heterocycles. The summed E-state index contributed by atoms with van der Waals surface area (Å²) in [7, 11) is 0. The highest BCUT2D eigenvalue weighted by Gasteiger charge is 2.12. The highest BCUT2D eigenvalue weighted by atomic mass is 16.4. The molecular weight excluding hydrogens is 260 g/mol. The molecule has 20 heavy (non-hydrogen) atoms. The quantitative estimate of drug-likeness (QED) is 0.682. The summed E-state index contributed by atoms with van der Waals surface area (Å²) in [5.74, 6) is -2.11. The molecule has 0 radical (unpaired) electrons. The van der Waals surface area contributed by atoms with E-state index in [0.717, 1.165) is 0 Å². The van der Waals surface area contributed by atoms with E-state index in [-0.39, 0.29) is 31.3 Å². The zero-order chi connectivity index (χ0) is 15.0. The summed E-state index contributed by atoms with van der Waals surface area (Å²) >= 11 is 0. The van der Waals surface area contributed by atoms with E-state index in [1.165, 1.54) is 6.92 Å². The highest BCUT2D eigenvalue weighted by Crippen LogP contribution is 1.97. The molecule has 1 aromatic rings. The molecule has 6 nitrogen and oxygen atoms in total. The fourth-order valence-electron chi connectivity index (χ4n) is 1.42. The fraction of sp³-hybridized carbons (Fsp3) is 0.357. The van der Waals surface area contributed by atoms with Crippen molar-refractivity contribution < 1.29 is 19.5 Å². The van der Waals surface area contributed by atoms with Gasteiger partial charge in [0.2, 0.25) is 5.91 Å². The van der Waals surface area contributed by atoms with Crippen molar-refractivity contribution in [2.24, 2.45) is 5.92 Å². The molecule has 1 atom stereocenters. The van der Waals surface area contributed by atoms with Crippen LogP contribution in [0.25, 0.3) is 0 Å². The molecule has 0 fully saturated rings. The minimum Gasteiger partial charge on any atom is -0.481 e. The third-order valence-electron chi connectivity index (χ3n) is 2.70. The normalized spacial score (nSPS) is 11.4. The van der Waals surface area contributed by atoms with Crippen LogP contribution in [0.4, 0.5) is 0 Å². The Kier molecular flexibility index (Phi) is 6.22. The summed E-state index contributed by atoms with van der Waals surface area (Å²) < 4.78 is 0. The lowest BCUT2D eigenvalue weighted by molar-refractivity contribution is -0.141. The lowest BCUT2D eigenvalue weighted by atomic mass is 10.2. The third-order valence-corrected chi connectivity index (χ3v) is 2.70. The first-order valence-corrected chi connectivity index (χ1v) is 6.33. The monoisotopic (exact) mass is 278 g/mol. The number of nitrogens with one attached hydrogen (secondary N) is 2. The Morgan fingerprint density at radius 1 is 1.15 bits per heavy atom. The number of carbonyl (C=O) groups is 3. The van der Waals surface area contributed by atoms with Crippen LogP contribution < -0.4 is 10.6 Å². The van der Waals surface area contributed by atoms with Crippen LogP contribution in [0, 0.1) is 5.92 Å². The predicted octanol–water partition coefficient (Wildman–Crippen LogP) is 0.643. The number of benzene rings is 1. The zero-order valence-corrected chi connectivity index (χ0v) is 11.3. The summed E-state index contributed by atoms with van der Waals surface area (Å²) in [4.78, 5) is 33.7. The summed E-state index contributed by atoms with van der Waals surface area (Å²) in [6, 6.07) is 8.70. The van der Waals surface area contributed by atoms with Gasteiger partial charge in [-0.1, -0.05) is 25.1 Å². The number of hydrogen-bond donors (Lipinski definition) is 3. The van der Waals surface area contributed by atoms with E-state index in [0.29, 0.717) is 5.56 Å². The Labute approximate surface area is 117 Å². The van der Waals surface area contributed by atoms with E-state index in [1.807, 2.05) is 6.07 Å². The third kappa shape index (κ3) is 5.51. The molecule has 6 heteroatoms. The van der Waals surface area contributed by atoms with Crippen molar-refractivity contribution in [3.8, 4) is 0 Å². The minimum absolute atomic E-state index is 0.0841. The van der Waals surface area contributed by atoms with Crippen molar-refractivity contribution in [2.45, 2.75) is 13.3 Å². The summed E-state index contributed by atoms with van der Waals surface area (Å²) in [5, 5.41) is 13.8. The van der Waals surface area contributed by atoms with Crippen LogP contribution >= 0.6 is 0 Å². The smallest absolute Gasteiger partial charge is 0.308 e. The van der Waals surface area contributed by atoms with Gasteiger partial charge in [0.25, 0.3) is 5.91 Å². The van der Waals surface area contributed by atoms with Crippen LogP contribution in [-0.4, -0.2) is 36.0 Å². The van der Waals surface area contributed by atoms with Crippen LogP contribution in [0.1, 0.15) is 23.7 Å². The number of rotatable bonds is 7. The van der Waals surface area contributed by atoms with Gasteiger partial charge in [-0.2, -0.15) is 0 Å². The standard InChI is InChI=1S/C14H18N2O4/c1-10(14(19)20)9-16-12(17)7-8-15-13(18)11-5-3-2-4-6-11/h2-6,10H,7-9H2,1H3,(H,15,18)(H,16,17)(H,19,20). The second-order valence-electron chi connectivity index (χ2n) is 4.42. The number of carboxylic acid groups (broad SMARTS) is 1. The average molecular weight is 278 g/mol. The van der Waals surface area contributed by atoms with Crippen LogP contribution in [-0.2, 0) is 9.59 Å². The van der Waals surface area contributed by atoms with Gasteiger partial charge in [0.05, 0.1) is 5.92 Å². The molecule has 1 unspecified atom stereocenters. The van der Waals surface area contributed by atoms with Crippen molar-refractivity contribution in [1.29, 1.82) is 0 Å². The van der Waals surface area contributed by atoms with Gasteiger partial charge in [-0.15, -0.1) is 0 Å². The Morgan fingerprint density at radius 2 is 1.80 bits per heavy atom. The zero-order valence-electron chi connectivity index (χ0n) is 11.3. The van der Waals surface area contributed by atoms with Gasteiger partial charge in [-0.05, 0) is 12.1 Å². The molecule has 0 aliphatic rings. The minimum atomic E-state index is -0.956. The van der Waals surface area contributed by atoms with Gasteiger partial charge in [0.15, 0.2) is 0 Å². The Hall–Kier alpha value is -2.37. The molecule has 3 N–H and O–H groups in total. The van der Waals surface area contributed by atoms with Gasteiger partial charge < -0.3 is 15.7 Å². The first-order valence-electron chi connectivity index (χ1n) is 6.33. The van der Waals surface area contributed by atoms with Crippen molar-refractivity contribution in [3.63, 3.8) is 0 Å². The molecule has 1 rings (SSSR count). The molecule has 0 saturated carbocycles. The lowest BCUT2D eigenvalue weighted by Gasteiger charge is -2.09. The topological polar surface area (TPSA) is 95.5 Å². The molecule has 0 heterocycles. The molecule has 1 aromatic carbocycles. The van der Waals surface area contributed by atoms with Gasteiger partial charge in [-0.3, -0.25) is 14.4 Å². The maximum Gasteiger partial charge on any atom is 0.308 e. The first kappa shape index (κ1) is 15.7. The maximum atomic E-state index is 11.7. The molecule has 0 spiro atoms. The Bertz CT molecular complexity index is 473. The van der Waals surface area contributed by atoms with Crippen LogP contribution in [0.15, 0.2) is 30.3 Å².